The summed E-state index contributed by atoms with van der Waals surface area (Å²) in [5, 5.41) is 13.0. The Balaban J connectivity index is 2.57. The quantitative estimate of drug-likeness (QED) is 0.799. The van der Waals surface area contributed by atoms with Gasteiger partial charge in [-0.15, -0.1) is 0 Å². The van der Waals surface area contributed by atoms with Crippen LogP contribution >= 0.6 is 0 Å². The van der Waals surface area contributed by atoms with E-state index >= 15 is 0 Å². The summed E-state index contributed by atoms with van der Waals surface area (Å²) in [6.45, 7) is 6.72. The number of nitrogens with one attached hydrogen (secondary N) is 1. The Bertz CT molecular complexity index is 366. The highest BCUT2D eigenvalue weighted by Gasteiger charge is 2.21. The minimum absolute atomic E-state index is 0.0559. The van der Waals surface area contributed by atoms with Crippen LogP contribution in [-0.4, -0.2) is 30.4 Å². The molecule has 0 radical (unpaired) electrons. The van der Waals surface area contributed by atoms with Gasteiger partial charge in [0.1, 0.15) is 12.2 Å². The zero-order valence-electron chi connectivity index (χ0n) is 10.6. The van der Waals surface area contributed by atoms with Gasteiger partial charge in [0.25, 0.3) is 0 Å². The number of likely N-dealkylation sites (N-methyl/N-ethyl adjacent to an activating group) is 1. The van der Waals surface area contributed by atoms with Gasteiger partial charge in [0.05, 0.1) is 0 Å². The van der Waals surface area contributed by atoms with Crippen LogP contribution in [0.25, 0.3) is 0 Å². The van der Waals surface area contributed by atoms with Gasteiger partial charge in [0.15, 0.2) is 11.6 Å². The number of benzene rings is 1. The topological polar surface area (TPSA) is 41.5 Å². The highest BCUT2D eigenvalue weighted by atomic mass is 19.1. The normalized spacial score (nSPS) is 14.4. The van der Waals surface area contributed by atoms with Crippen molar-refractivity contribution in [1.82, 2.24) is 5.32 Å². The van der Waals surface area contributed by atoms with Crippen molar-refractivity contribution in [2.75, 3.05) is 19.7 Å². The first-order valence-electron chi connectivity index (χ1n) is 5.76. The molecule has 1 aromatic carbocycles. The Kier molecular flexibility index (Phi) is 4.90. The minimum Gasteiger partial charge on any atom is -0.487 e. The Hall–Kier alpha value is -1.13. The maximum atomic E-state index is 13.4. The Morgan fingerprint density at radius 3 is 2.82 bits per heavy atom. The fraction of sp³-hybridized carbons (Fsp3) is 0.538. The van der Waals surface area contributed by atoms with Crippen LogP contribution in [-0.2, 0) is 0 Å². The van der Waals surface area contributed by atoms with E-state index in [4.69, 9.17) is 4.74 Å². The van der Waals surface area contributed by atoms with E-state index < -0.39 is 11.4 Å². The second kappa shape index (κ2) is 5.98. The average molecular weight is 241 g/mol. The summed E-state index contributed by atoms with van der Waals surface area (Å²) in [7, 11) is 0. The molecule has 0 aliphatic heterocycles. The molecule has 0 fully saturated rings. The maximum absolute atomic E-state index is 13.4. The maximum Gasteiger partial charge on any atom is 0.165 e. The molecule has 1 rings (SSSR count). The first-order chi connectivity index (χ1) is 7.94. The van der Waals surface area contributed by atoms with Crippen molar-refractivity contribution in [3.05, 3.63) is 29.6 Å². The van der Waals surface area contributed by atoms with Gasteiger partial charge < -0.3 is 15.2 Å². The van der Waals surface area contributed by atoms with E-state index in [1.54, 1.807) is 19.1 Å². The van der Waals surface area contributed by atoms with Crippen molar-refractivity contribution in [3.8, 4) is 5.75 Å². The second-order valence-corrected chi connectivity index (χ2v) is 4.50. The summed E-state index contributed by atoms with van der Waals surface area (Å²) in [6.07, 6.45) is 0. The molecule has 17 heavy (non-hydrogen) atoms. The molecule has 0 amide bonds. The van der Waals surface area contributed by atoms with Gasteiger partial charge in [-0.1, -0.05) is 13.0 Å². The Labute approximate surface area is 102 Å². The fourth-order valence-electron chi connectivity index (χ4n) is 1.40. The van der Waals surface area contributed by atoms with E-state index in [9.17, 15) is 9.50 Å². The molecule has 0 bridgehead atoms. The first kappa shape index (κ1) is 13.9. The number of hydrogen-bond acceptors (Lipinski definition) is 3. The summed E-state index contributed by atoms with van der Waals surface area (Å²) >= 11 is 0. The van der Waals surface area contributed by atoms with Crippen LogP contribution in [0.2, 0.25) is 0 Å². The highest BCUT2D eigenvalue weighted by Crippen LogP contribution is 2.19. The van der Waals surface area contributed by atoms with Gasteiger partial charge >= 0.3 is 0 Å². The van der Waals surface area contributed by atoms with Gasteiger partial charge in [0.2, 0.25) is 0 Å². The second-order valence-electron chi connectivity index (χ2n) is 4.50. The van der Waals surface area contributed by atoms with Gasteiger partial charge in [0, 0.05) is 6.54 Å². The number of aliphatic hydroxyl groups is 1. The van der Waals surface area contributed by atoms with Crippen molar-refractivity contribution < 1.29 is 14.2 Å². The van der Waals surface area contributed by atoms with Crippen molar-refractivity contribution in [1.29, 1.82) is 0 Å². The first-order valence-corrected chi connectivity index (χ1v) is 5.76. The molecule has 1 unspecified atom stereocenters. The molecule has 1 aromatic rings. The van der Waals surface area contributed by atoms with Gasteiger partial charge in [-0.2, -0.15) is 0 Å². The van der Waals surface area contributed by atoms with Crippen molar-refractivity contribution in [2.24, 2.45) is 0 Å². The molecule has 0 saturated carbocycles. The van der Waals surface area contributed by atoms with Crippen molar-refractivity contribution >= 4 is 0 Å². The van der Waals surface area contributed by atoms with Crippen molar-refractivity contribution in [3.63, 3.8) is 0 Å². The molecule has 96 valence electrons. The van der Waals surface area contributed by atoms with Gasteiger partial charge in [-0.05, 0) is 38.1 Å². The Morgan fingerprint density at radius 1 is 1.47 bits per heavy atom. The van der Waals surface area contributed by atoms with Crippen LogP contribution in [0.15, 0.2) is 18.2 Å². The number of hydrogen-bond donors (Lipinski definition) is 2. The average Bonchev–Trinajstić information content (AvgIpc) is 2.28. The predicted molar refractivity (Wildman–Crippen MR) is 65.8 cm³/mol. The molecule has 2 N–H and O–H groups in total. The zero-order valence-corrected chi connectivity index (χ0v) is 10.6. The molecule has 0 aromatic heterocycles. The number of aryl methyl sites for hydroxylation is 1. The summed E-state index contributed by atoms with van der Waals surface area (Å²) in [4.78, 5) is 0. The van der Waals surface area contributed by atoms with Gasteiger partial charge in [-0.25, -0.2) is 4.39 Å². The summed E-state index contributed by atoms with van der Waals surface area (Å²) in [5.41, 5.74) is -0.0839. The Morgan fingerprint density at radius 2 is 2.18 bits per heavy atom. The van der Waals surface area contributed by atoms with E-state index in [0.29, 0.717) is 6.54 Å². The molecule has 0 saturated heterocycles. The van der Waals surface area contributed by atoms with Crippen LogP contribution < -0.4 is 10.1 Å². The number of halogens is 1. The molecular formula is C13H20FNO2. The van der Waals surface area contributed by atoms with E-state index in [1.165, 1.54) is 6.07 Å². The molecular weight excluding hydrogens is 221 g/mol. The summed E-state index contributed by atoms with van der Waals surface area (Å²) in [5.74, 6) is -0.225. The lowest BCUT2D eigenvalue weighted by Gasteiger charge is -2.23. The van der Waals surface area contributed by atoms with E-state index in [0.717, 1.165) is 12.1 Å². The third-order valence-corrected chi connectivity index (χ3v) is 2.38. The highest BCUT2D eigenvalue weighted by molar-refractivity contribution is 5.29. The largest absolute Gasteiger partial charge is 0.487 e. The van der Waals surface area contributed by atoms with E-state index in [1.807, 2.05) is 13.8 Å². The molecule has 4 heteroatoms. The third kappa shape index (κ3) is 4.71. The van der Waals surface area contributed by atoms with Gasteiger partial charge in [-0.3, -0.25) is 0 Å². The summed E-state index contributed by atoms with van der Waals surface area (Å²) < 4.78 is 18.7. The molecule has 0 heterocycles. The van der Waals surface area contributed by atoms with Crippen LogP contribution in [0.5, 0.6) is 5.75 Å². The SMILES string of the molecule is CCNCC(C)(O)COc1cc(C)ccc1F. The van der Waals surface area contributed by atoms with E-state index in [-0.39, 0.29) is 12.4 Å². The van der Waals surface area contributed by atoms with Crippen LogP contribution in [0.4, 0.5) is 4.39 Å². The monoisotopic (exact) mass is 241 g/mol. The predicted octanol–water partition coefficient (Wildman–Crippen LogP) is 1.87. The lowest BCUT2D eigenvalue weighted by Crippen LogP contribution is -2.42. The zero-order chi connectivity index (χ0) is 12.9. The van der Waals surface area contributed by atoms with Crippen LogP contribution in [0.3, 0.4) is 0 Å². The number of rotatable bonds is 6. The van der Waals surface area contributed by atoms with E-state index in [2.05, 4.69) is 5.32 Å². The lowest BCUT2D eigenvalue weighted by atomic mass is 10.1. The molecule has 0 aliphatic rings. The molecule has 1 atom stereocenters. The molecule has 0 aliphatic carbocycles. The molecule has 3 nitrogen and oxygen atoms in total. The van der Waals surface area contributed by atoms with Crippen molar-refractivity contribution in [2.45, 2.75) is 26.4 Å². The number of ether oxygens (including phenoxy) is 1. The van der Waals surface area contributed by atoms with Crippen LogP contribution in [0.1, 0.15) is 19.4 Å². The minimum atomic E-state index is -1.01. The summed E-state index contributed by atoms with van der Waals surface area (Å²) in [6, 6.07) is 4.67. The smallest absolute Gasteiger partial charge is 0.165 e. The standard InChI is InChI=1S/C13H20FNO2/c1-4-15-8-13(3,16)9-17-12-7-10(2)5-6-11(12)14/h5-7,15-16H,4,8-9H2,1-3H3. The third-order valence-electron chi connectivity index (χ3n) is 2.38. The molecule has 0 spiro atoms. The van der Waals surface area contributed by atoms with Crippen LogP contribution in [0, 0.1) is 12.7 Å². The fourth-order valence-corrected chi connectivity index (χ4v) is 1.40. The lowest BCUT2D eigenvalue weighted by molar-refractivity contribution is 0.0116.